The van der Waals surface area contributed by atoms with Crippen LogP contribution in [-0.4, -0.2) is 31.9 Å². The highest BCUT2D eigenvalue weighted by atomic mass is 28.4. The van der Waals surface area contributed by atoms with Gasteiger partial charge >= 0.3 is 0 Å². The van der Waals surface area contributed by atoms with E-state index in [1.165, 1.54) is 0 Å². The highest BCUT2D eigenvalue weighted by molar-refractivity contribution is 6.77. The van der Waals surface area contributed by atoms with Gasteiger partial charge in [-0.25, -0.2) is 0 Å². The molecular formula is C20H32O4Si. The van der Waals surface area contributed by atoms with Crippen molar-refractivity contribution in [3.8, 4) is 5.75 Å². The summed E-state index contributed by atoms with van der Waals surface area (Å²) in [5.41, 5.74) is 2.56. The molecule has 0 bridgehead atoms. The number of fused-ring (bicyclic) bond motifs is 1. The van der Waals surface area contributed by atoms with Gasteiger partial charge in [0.15, 0.2) is 0 Å². The van der Waals surface area contributed by atoms with Gasteiger partial charge in [0.1, 0.15) is 18.0 Å². The topological polar surface area (TPSA) is 51.2 Å². The van der Waals surface area contributed by atoms with E-state index >= 15 is 0 Å². The summed E-state index contributed by atoms with van der Waals surface area (Å²) in [6.45, 7) is 13.8. The molecule has 140 valence electrons. The van der Waals surface area contributed by atoms with Gasteiger partial charge in [0, 0.05) is 18.6 Å². The molecule has 3 rings (SSSR count). The minimum Gasteiger partial charge on any atom is -0.456 e. The van der Waals surface area contributed by atoms with Crippen LogP contribution in [0.4, 0.5) is 0 Å². The number of hydrogen-bond donors (Lipinski definition) is 1. The largest absolute Gasteiger partial charge is 0.456 e. The molecule has 0 saturated carbocycles. The molecule has 1 N–H and O–H groups in total. The first-order chi connectivity index (χ1) is 11.8. The Hall–Kier alpha value is -0.883. The second-order valence-corrected chi connectivity index (χ2v) is 13.7. The van der Waals surface area contributed by atoms with Gasteiger partial charge in [-0.1, -0.05) is 59.7 Å². The Labute approximate surface area is 152 Å². The van der Waals surface area contributed by atoms with Crippen LogP contribution in [0.2, 0.25) is 16.6 Å². The first-order valence-corrected chi connectivity index (χ1v) is 11.7. The van der Waals surface area contributed by atoms with Crippen molar-refractivity contribution in [3.05, 3.63) is 29.8 Å². The highest BCUT2D eigenvalue weighted by Crippen LogP contribution is 2.60. The maximum absolute atomic E-state index is 9.35. The van der Waals surface area contributed by atoms with Crippen molar-refractivity contribution in [2.24, 2.45) is 0 Å². The van der Waals surface area contributed by atoms with Crippen LogP contribution in [0, 0.1) is 0 Å². The zero-order chi connectivity index (χ0) is 18.4. The van der Waals surface area contributed by atoms with E-state index in [4.69, 9.17) is 13.9 Å². The fraction of sp³-hybridized carbons (Fsp3) is 0.700. The van der Waals surface area contributed by atoms with Gasteiger partial charge in [-0.3, -0.25) is 0 Å². The van der Waals surface area contributed by atoms with Crippen molar-refractivity contribution in [2.75, 3.05) is 6.61 Å². The monoisotopic (exact) mass is 364 g/mol. The molecule has 2 aliphatic heterocycles. The molecule has 0 aliphatic carbocycles. The smallest absolute Gasteiger partial charge is 0.267 e. The molecule has 0 amide bonds. The number of epoxide rings is 1. The Kier molecular flexibility index (Phi) is 5.06. The molecule has 3 atom stereocenters. The molecule has 0 unspecified atom stereocenters. The third kappa shape index (κ3) is 2.85. The van der Waals surface area contributed by atoms with Gasteiger partial charge in [-0.05, 0) is 22.7 Å². The molecule has 1 spiro atoms. The van der Waals surface area contributed by atoms with Crippen molar-refractivity contribution >= 4 is 8.32 Å². The van der Waals surface area contributed by atoms with Gasteiger partial charge in [0.2, 0.25) is 8.32 Å². The fourth-order valence-corrected chi connectivity index (χ4v) is 10.4. The lowest BCUT2D eigenvalue weighted by molar-refractivity contribution is -0.0216. The Morgan fingerprint density at radius 3 is 2.24 bits per heavy atom. The lowest BCUT2D eigenvalue weighted by Crippen LogP contribution is -2.50. The molecule has 1 aromatic carbocycles. The normalized spacial score (nSPS) is 28.1. The summed E-state index contributed by atoms with van der Waals surface area (Å²) in [7, 11) is -2.08. The van der Waals surface area contributed by atoms with Gasteiger partial charge in [0.25, 0.3) is 5.79 Å². The third-order valence-corrected chi connectivity index (χ3v) is 12.0. The maximum Gasteiger partial charge on any atom is 0.267 e. The van der Waals surface area contributed by atoms with E-state index < -0.39 is 14.1 Å². The van der Waals surface area contributed by atoms with Crippen LogP contribution in [0.25, 0.3) is 0 Å². The Morgan fingerprint density at radius 1 is 1.08 bits per heavy atom. The number of aliphatic hydroxyl groups is 1. The average Bonchev–Trinajstić information content (AvgIpc) is 3.11. The van der Waals surface area contributed by atoms with Crippen molar-refractivity contribution < 1.29 is 19.0 Å². The number of ether oxygens (including phenoxy) is 2. The summed E-state index contributed by atoms with van der Waals surface area (Å²) in [5.74, 6) is 0.107. The van der Waals surface area contributed by atoms with Crippen LogP contribution in [0.15, 0.2) is 24.3 Å². The third-order valence-electron chi connectivity index (χ3n) is 5.97. The van der Waals surface area contributed by atoms with Gasteiger partial charge in [-0.2, -0.15) is 0 Å². The number of hydrogen-bond acceptors (Lipinski definition) is 4. The molecule has 1 saturated heterocycles. The minimum atomic E-state index is -2.08. The average molecular weight is 365 g/mol. The van der Waals surface area contributed by atoms with E-state index in [-0.39, 0.29) is 18.8 Å². The lowest BCUT2D eigenvalue weighted by Gasteiger charge is -2.44. The molecule has 5 heteroatoms. The molecule has 2 aliphatic rings. The Bertz CT molecular complexity index is 594. The van der Waals surface area contributed by atoms with Gasteiger partial charge in [-0.15, -0.1) is 0 Å². The van der Waals surface area contributed by atoms with E-state index in [2.05, 4.69) is 47.6 Å². The molecule has 0 radical (unpaired) electrons. The number of benzene rings is 1. The Balaban J connectivity index is 2.00. The minimum absolute atomic E-state index is 0.0972. The van der Waals surface area contributed by atoms with E-state index in [0.717, 1.165) is 11.3 Å². The summed E-state index contributed by atoms with van der Waals surface area (Å²) in [6.07, 6.45) is 0.264. The lowest BCUT2D eigenvalue weighted by atomic mass is 10.0. The highest BCUT2D eigenvalue weighted by Gasteiger charge is 2.70. The van der Waals surface area contributed by atoms with E-state index in [9.17, 15) is 5.11 Å². The summed E-state index contributed by atoms with van der Waals surface area (Å²) in [5, 5.41) is 9.35. The molecular weight excluding hydrogens is 332 g/mol. The van der Waals surface area contributed by atoms with Gasteiger partial charge in [0.05, 0.1) is 0 Å². The molecule has 4 nitrogen and oxygen atoms in total. The summed E-state index contributed by atoms with van der Waals surface area (Å²) in [4.78, 5) is 0. The zero-order valence-electron chi connectivity index (χ0n) is 16.3. The predicted octanol–water partition coefficient (Wildman–Crippen LogP) is 4.79. The molecule has 1 aromatic rings. The molecule has 0 aromatic heterocycles. The molecule has 1 fully saturated rings. The fourth-order valence-electron chi connectivity index (χ4n) is 4.88. The first kappa shape index (κ1) is 18.9. The van der Waals surface area contributed by atoms with Crippen LogP contribution >= 0.6 is 0 Å². The summed E-state index contributed by atoms with van der Waals surface area (Å²) in [6, 6.07) is 8.09. The number of rotatable bonds is 7. The zero-order valence-corrected chi connectivity index (χ0v) is 17.3. The SMILES string of the molecule is CC(C)[Si](O[C@@H]1c2ccccc2O[C@@]12O[C@@H]2CCO)(C(C)C)C(C)C. The second-order valence-electron chi connectivity index (χ2n) is 8.30. The Morgan fingerprint density at radius 2 is 1.68 bits per heavy atom. The second kappa shape index (κ2) is 6.69. The van der Waals surface area contributed by atoms with E-state index in [1.807, 2.05) is 18.2 Å². The van der Waals surface area contributed by atoms with Crippen LogP contribution in [-0.2, 0) is 9.16 Å². The maximum atomic E-state index is 9.35. The summed E-state index contributed by atoms with van der Waals surface area (Å²) < 4.78 is 19.3. The van der Waals surface area contributed by atoms with E-state index in [0.29, 0.717) is 23.0 Å². The van der Waals surface area contributed by atoms with Crippen molar-refractivity contribution in [2.45, 2.75) is 82.6 Å². The van der Waals surface area contributed by atoms with Crippen LogP contribution in [0.1, 0.15) is 59.6 Å². The predicted molar refractivity (Wildman–Crippen MR) is 101 cm³/mol. The van der Waals surface area contributed by atoms with Crippen LogP contribution < -0.4 is 4.74 Å². The van der Waals surface area contributed by atoms with Crippen molar-refractivity contribution in [1.29, 1.82) is 0 Å². The van der Waals surface area contributed by atoms with Gasteiger partial charge < -0.3 is 19.0 Å². The first-order valence-electron chi connectivity index (χ1n) is 9.54. The standard InChI is InChI=1S/C20H32O4Si/c1-13(2)25(14(3)4,15(5)6)24-19-16-9-7-8-10-17(16)22-20(19)18(23-20)11-12-21/h7-10,13-15,18-19,21H,11-12H2,1-6H3/t18-,19-,20+/m1/s1. The van der Waals surface area contributed by atoms with Crippen molar-refractivity contribution in [3.63, 3.8) is 0 Å². The van der Waals surface area contributed by atoms with Crippen LogP contribution in [0.3, 0.4) is 0 Å². The van der Waals surface area contributed by atoms with Crippen LogP contribution in [0.5, 0.6) is 5.75 Å². The molecule has 2 heterocycles. The number of para-hydroxylation sites is 1. The molecule has 25 heavy (non-hydrogen) atoms. The van der Waals surface area contributed by atoms with E-state index in [1.54, 1.807) is 0 Å². The summed E-state index contributed by atoms with van der Waals surface area (Å²) >= 11 is 0. The number of aliphatic hydroxyl groups excluding tert-OH is 1. The van der Waals surface area contributed by atoms with Crippen molar-refractivity contribution in [1.82, 2.24) is 0 Å². The quantitative estimate of drug-likeness (QED) is 0.558.